The van der Waals surface area contributed by atoms with E-state index in [2.05, 4.69) is 0 Å². The van der Waals surface area contributed by atoms with E-state index in [1.165, 1.54) is 0 Å². The quantitative estimate of drug-likeness (QED) is 0.149. The van der Waals surface area contributed by atoms with Crippen LogP contribution in [0.4, 0.5) is 17.1 Å². The van der Waals surface area contributed by atoms with Gasteiger partial charge in [0.25, 0.3) is 0 Å². The van der Waals surface area contributed by atoms with Crippen LogP contribution in [0.3, 0.4) is 0 Å². The molecule has 3 nitrogen and oxygen atoms in total. The van der Waals surface area contributed by atoms with Gasteiger partial charge in [-0.1, -0.05) is 175 Å². The largest absolute Gasteiger partial charge is 0.455 e. The number of rotatable bonds is 7. The van der Waals surface area contributed by atoms with Gasteiger partial charge in [-0.05, 0) is 110 Å². The lowest BCUT2D eigenvalue weighted by Gasteiger charge is -2.29. The highest BCUT2D eigenvalue weighted by atomic mass is 16.3. The van der Waals surface area contributed by atoms with Gasteiger partial charge >= 0.3 is 0 Å². The molecule has 11 aromatic carbocycles. The van der Waals surface area contributed by atoms with Crippen LogP contribution < -0.4 is 4.90 Å². The van der Waals surface area contributed by atoms with Crippen LogP contribution in [-0.2, 0) is 0 Å². The van der Waals surface area contributed by atoms with E-state index < -0.39 is 363 Å². The topological polar surface area (TPSA) is 21.3 Å². The third kappa shape index (κ3) is 5.97. The van der Waals surface area contributed by atoms with Crippen LogP contribution in [0.5, 0.6) is 0 Å². The molecule has 0 aliphatic heterocycles. The van der Waals surface area contributed by atoms with Crippen molar-refractivity contribution in [2.45, 2.75) is 0 Å². The first-order chi connectivity index (χ1) is 48.9. The van der Waals surface area contributed by atoms with Gasteiger partial charge in [0, 0.05) is 38.5 Å². The van der Waals surface area contributed by atoms with Crippen LogP contribution in [0.25, 0.3) is 104 Å². The molecule has 13 aromatic rings. The Bertz CT molecular complexity index is 6190. The molecular formula is C62H40N2O. The summed E-state index contributed by atoms with van der Waals surface area (Å²) in [6.07, 6.45) is 0. The van der Waals surface area contributed by atoms with Gasteiger partial charge in [-0.3, -0.25) is 0 Å². The zero-order valence-electron chi connectivity index (χ0n) is 72.3. The molecule has 0 saturated heterocycles. The number of para-hydroxylation sites is 4. The molecule has 0 radical (unpaired) electrons. The number of nitrogens with zero attached hydrogens (tertiary/aromatic N) is 2. The van der Waals surface area contributed by atoms with Crippen molar-refractivity contribution in [3.05, 3.63) is 242 Å². The van der Waals surface area contributed by atoms with E-state index in [1.54, 1.807) is 0 Å². The number of hydrogen-bond donors (Lipinski definition) is 0. The lowest BCUT2D eigenvalue weighted by atomic mass is 9.93. The van der Waals surface area contributed by atoms with Gasteiger partial charge in [0.1, 0.15) is 11.2 Å². The standard InChI is InChI=1S/C62H40N2O/c1-2-16-41(17-3-1)42-30-34-45(35-31-42)63(46-36-32-43(33-37-46)55-40-44-18-4-5-19-47(44)48-20-6-7-21-49(48)55)59-39-38-53-52-24-11-15-29-60(52)65-62(53)61(59)54-25-10-14-28-58(54)64-56-26-12-8-22-50(56)51-23-9-13-27-57(51)64/h1-40H/i1D,2D,3D,4D,5D,6D,7D,8D,9D,10D,11D,12D,13D,14D,15D,16D,17D,18D,19D,20D,21D,22D,23D,24D,25D,26D,27D,28D,29D,30D,31D,32D,33D,34D,35D,36D,37D,38D,39D,40D. The van der Waals surface area contributed by atoms with Crippen molar-refractivity contribution in [1.29, 1.82) is 0 Å². The summed E-state index contributed by atoms with van der Waals surface area (Å²) in [4.78, 5) is 0.187. The van der Waals surface area contributed by atoms with Gasteiger partial charge in [-0.15, -0.1) is 0 Å². The van der Waals surface area contributed by atoms with Gasteiger partial charge in [-0.2, -0.15) is 0 Å². The van der Waals surface area contributed by atoms with Crippen molar-refractivity contribution in [2.24, 2.45) is 0 Å². The zero-order valence-corrected chi connectivity index (χ0v) is 32.3. The Kier molecular flexibility index (Phi) is 3.39. The molecule has 0 unspecified atom stereocenters. The molecular weight excluding hydrogens is 789 g/mol. The number of aromatic nitrogens is 1. The maximum Gasteiger partial charge on any atom is 0.145 e. The predicted octanol–water partition coefficient (Wildman–Crippen LogP) is 17.5. The molecule has 2 heterocycles. The molecule has 13 rings (SSSR count). The molecule has 0 aliphatic rings. The number of furan rings is 1. The molecule has 3 heteroatoms. The summed E-state index contributed by atoms with van der Waals surface area (Å²) >= 11 is 0. The van der Waals surface area contributed by atoms with E-state index in [-0.39, 0.29) is 4.90 Å². The summed E-state index contributed by atoms with van der Waals surface area (Å²) in [6.45, 7) is 0. The Morgan fingerprint density at radius 2 is 0.908 bits per heavy atom. The molecule has 304 valence electrons. The van der Waals surface area contributed by atoms with Gasteiger partial charge in [0.2, 0.25) is 0 Å². The van der Waals surface area contributed by atoms with Crippen LogP contribution in [0.15, 0.2) is 246 Å². The number of anilines is 3. The summed E-state index contributed by atoms with van der Waals surface area (Å²) in [6, 6.07) is -46.7. The third-order valence-corrected chi connectivity index (χ3v) is 10.3. The third-order valence-electron chi connectivity index (χ3n) is 10.3. The lowest BCUT2D eigenvalue weighted by Crippen LogP contribution is -2.12. The highest BCUT2D eigenvalue weighted by Crippen LogP contribution is 2.49. The minimum Gasteiger partial charge on any atom is -0.455 e. The molecule has 0 bridgehead atoms. The van der Waals surface area contributed by atoms with E-state index in [4.69, 9.17) is 30.5 Å². The van der Waals surface area contributed by atoms with Gasteiger partial charge in [0.05, 0.1) is 82.8 Å². The van der Waals surface area contributed by atoms with Crippen LogP contribution in [-0.4, -0.2) is 4.57 Å². The first kappa shape index (κ1) is 14.7. The Hall–Kier alpha value is -8.66. The molecule has 0 spiro atoms. The minimum atomic E-state index is -1.54. The number of benzene rings is 11. The zero-order chi connectivity index (χ0) is 77.7. The van der Waals surface area contributed by atoms with Crippen molar-refractivity contribution in [3.63, 3.8) is 0 Å². The van der Waals surface area contributed by atoms with Crippen LogP contribution in [0.2, 0.25) is 0 Å². The van der Waals surface area contributed by atoms with E-state index in [9.17, 15) is 28.8 Å². The molecule has 2 aromatic heterocycles. The van der Waals surface area contributed by atoms with Crippen LogP contribution >= 0.6 is 0 Å². The average Bonchev–Trinajstić information content (AvgIpc) is 1.53. The Morgan fingerprint density at radius 3 is 1.63 bits per heavy atom. The molecule has 0 N–H and O–H groups in total. The first-order valence-corrected chi connectivity index (χ1v) is 19.0. The highest BCUT2D eigenvalue weighted by molar-refractivity contribution is 6.16. The maximum absolute atomic E-state index is 10.4. The second kappa shape index (κ2) is 15.0. The number of hydrogen-bond acceptors (Lipinski definition) is 2. The second-order valence-corrected chi connectivity index (χ2v) is 13.8. The molecule has 0 aliphatic carbocycles. The molecule has 0 fully saturated rings. The second-order valence-electron chi connectivity index (χ2n) is 13.8. The smallest absolute Gasteiger partial charge is 0.145 e. The Labute approximate surface area is 432 Å². The van der Waals surface area contributed by atoms with Crippen molar-refractivity contribution >= 4 is 82.4 Å². The van der Waals surface area contributed by atoms with Gasteiger partial charge in [-0.25, -0.2) is 0 Å². The van der Waals surface area contributed by atoms with E-state index in [0.717, 1.165) is 0 Å². The Balaban J connectivity index is 1.34. The van der Waals surface area contributed by atoms with Gasteiger partial charge < -0.3 is 13.9 Å². The summed E-state index contributed by atoms with van der Waals surface area (Å²) in [5.41, 5.74) is -15.8. The maximum atomic E-state index is 10.4. The van der Waals surface area contributed by atoms with Crippen molar-refractivity contribution in [1.82, 2.24) is 4.57 Å². The van der Waals surface area contributed by atoms with E-state index in [0.29, 0.717) is 4.57 Å². The van der Waals surface area contributed by atoms with Crippen molar-refractivity contribution < 1.29 is 59.2 Å². The van der Waals surface area contributed by atoms with Crippen LogP contribution in [0, 0.1) is 0 Å². The van der Waals surface area contributed by atoms with Crippen molar-refractivity contribution in [3.8, 4) is 39.1 Å². The highest BCUT2D eigenvalue weighted by Gasteiger charge is 2.26. The minimum absolute atomic E-state index is 0.187. The van der Waals surface area contributed by atoms with Gasteiger partial charge in [0.15, 0.2) is 0 Å². The lowest BCUT2D eigenvalue weighted by molar-refractivity contribution is 0.670. The fourth-order valence-corrected chi connectivity index (χ4v) is 7.56. The summed E-state index contributed by atoms with van der Waals surface area (Å²) in [7, 11) is 0. The first-order valence-electron chi connectivity index (χ1n) is 39.0. The molecule has 0 atom stereocenters. The van der Waals surface area contributed by atoms with E-state index in [1.807, 2.05) is 0 Å². The normalized spacial score (nSPS) is 20.3. The Morgan fingerprint density at radius 1 is 0.369 bits per heavy atom. The van der Waals surface area contributed by atoms with E-state index >= 15 is 0 Å². The fourth-order valence-electron chi connectivity index (χ4n) is 7.56. The molecule has 0 saturated carbocycles. The predicted molar refractivity (Wildman–Crippen MR) is 274 cm³/mol. The fraction of sp³-hybridized carbons (Fsp3) is 0. The average molecular weight is 869 g/mol. The molecule has 65 heavy (non-hydrogen) atoms. The van der Waals surface area contributed by atoms with Crippen molar-refractivity contribution in [2.75, 3.05) is 4.90 Å². The summed E-state index contributed by atoms with van der Waals surface area (Å²) < 4.78 is 379. The monoisotopic (exact) mass is 869 g/mol. The molecule has 0 amide bonds. The summed E-state index contributed by atoms with van der Waals surface area (Å²) in [5.74, 6) is 0. The van der Waals surface area contributed by atoms with Crippen LogP contribution in [0.1, 0.15) is 54.8 Å². The SMILES string of the molecule is [2H]c1c([2H])c([2H])c(-c2c([2H])c([2H])c(N(c3c([2H])c([2H])c(-c4c([2H])c5c([2H])c([2H])c([2H])c([2H])c5c5c([2H])c([2H])c([2H])c([2H])c45)c([2H])c3[2H])c3c([2H])c([2H])c4c(oc5c([2H])c([2H])c([2H])c([2H])c54)c3-c3c([2H])c([2H])c([2H])c([2H])c3-n3c4c([2H])c([2H])c([2H])c([2H])c4c4c([2H])c([2H])c([2H])c([2H])c43)c([2H])c2[2H])c([2H])c1[2H]. The number of fused-ring (bicyclic) bond motifs is 9. The summed E-state index contributed by atoms with van der Waals surface area (Å²) in [5, 5.41) is -6.11.